The molecule has 0 aromatic heterocycles. The molecule has 1 unspecified atom stereocenters. The Hall–Kier alpha value is -2.72. The molecule has 0 radical (unpaired) electrons. The molecule has 1 fully saturated rings. The van der Waals surface area contributed by atoms with Gasteiger partial charge in [0, 0.05) is 25.2 Å². The van der Waals surface area contributed by atoms with Gasteiger partial charge in [0.2, 0.25) is 11.8 Å². The number of aliphatic imine (C=N–C) groups is 1. The average Bonchev–Trinajstić information content (AvgIpc) is 2.71. The fourth-order valence-electron chi connectivity index (χ4n) is 2.73. The smallest absolute Gasteiger partial charge is 0.417 e. The Kier molecular flexibility index (Phi) is 6.80. The molecule has 2 aromatic rings. The highest BCUT2D eigenvalue weighted by molar-refractivity contribution is 8.15. The van der Waals surface area contributed by atoms with Crippen LogP contribution in [-0.4, -0.2) is 41.3 Å². The van der Waals surface area contributed by atoms with Gasteiger partial charge in [0.05, 0.1) is 23.4 Å². The van der Waals surface area contributed by atoms with Gasteiger partial charge in [-0.2, -0.15) is 13.2 Å². The molecule has 0 aliphatic carbocycles. The minimum absolute atomic E-state index is 0.0345. The Bertz CT molecular complexity index is 1050. The van der Waals surface area contributed by atoms with E-state index in [1.165, 1.54) is 25.1 Å². The third kappa shape index (κ3) is 5.50. The van der Waals surface area contributed by atoms with E-state index in [2.05, 4.69) is 10.3 Å². The third-order valence-corrected chi connectivity index (χ3v) is 5.95. The van der Waals surface area contributed by atoms with Crippen LogP contribution in [0.15, 0.2) is 47.5 Å². The second-order valence-electron chi connectivity index (χ2n) is 6.54. The third-order valence-electron chi connectivity index (χ3n) is 4.38. The monoisotopic (exact) mass is 471 g/mol. The molecule has 3 rings (SSSR count). The summed E-state index contributed by atoms with van der Waals surface area (Å²) in [5.41, 5.74) is -0.576. The van der Waals surface area contributed by atoms with Crippen LogP contribution in [-0.2, 0) is 15.8 Å². The molecule has 0 spiro atoms. The van der Waals surface area contributed by atoms with E-state index in [-0.39, 0.29) is 23.2 Å². The van der Waals surface area contributed by atoms with Crippen molar-refractivity contribution in [2.75, 3.05) is 19.5 Å². The van der Waals surface area contributed by atoms with E-state index < -0.39 is 27.9 Å². The van der Waals surface area contributed by atoms with E-state index in [0.29, 0.717) is 11.4 Å². The highest BCUT2D eigenvalue weighted by Gasteiger charge is 2.35. The lowest BCUT2D eigenvalue weighted by molar-refractivity contribution is -0.137. The number of amides is 2. The molecule has 11 heteroatoms. The Morgan fingerprint density at radius 1 is 1.29 bits per heavy atom. The predicted octanol–water partition coefficient (Wildman–Crippen LogP) is 4.96. The second kappa shape index (κ2) is 9.19. The van der Waals surface area contributed by atoms with Gasteiger partial charge in [0.25, 0.3) is 0 Å². The van der Waals surface area contributed by atoms with Crippen molar-refractivity contribution >= 4 is 51.7 Å². The van der Waals surface area contributed by atoms with Crippen molar-refractivity contribution in [3.63, 3.8) is 0 Å². The largest absolute Gasteiger partial charge is 0.497 e. The fraction of sp³-hybridized carbons (Fsp3) is 0.250. The molecule has 1 saturated heterocycles. The van der Waals surface area contributed by atoms with Gasteiger partial charge in [-0.1, -0.05) is 29.4 Å². The van der Waals surface area contributed by atoms with E-state index in [1.54, 1.807) is 24.3 Å². The van der Waals surface area contributed by atoms with Crippen LogP contribution < -0.4 is 10.1 Å². The van der Waals surface area contributed by atoms with Gasteiger partial charge in [-0.15, -0.1) is 0 Å². The van der Waals surface area contributed by atoms with Crippen molar-refractivity contribution in [1.29, 1.82) is 0 Å². The summed E-state index contributed by atoms with van der Waals surface area (Å²) >= 11 is 6.63. The van der Waals surface area contributed by atoms with E-state index >= 15 is 0 Å². The first-order chi connectivity index (χ1) is 14.6. The van der Waals surface area contributed by atoms with Crippen molar-refractivity contribution in [2.45, 2.75) is 17.8 Å². The number of amidine groups is 1. The zero-order valence-electron chi connectivity index (χ0n) is 16.4. The minimum Gasteiger partial charge on any atom is -0.497 e. The zero-order chi connectivity index (χ0) is 22.8. The number of anilines is 1. The first-order valence-corrected chi connectivity index (χ1v) is 10.2. The van der Waals surface area contributed by atoms with Crippen molar-refractivity contribution in [3.05, 3.63) is 53.1 Å². The molecular weight excluding hydrogens is 455 g/mol. The summed E-state index contributed by atoms with van der Waals surface area (Å²) in [4.78, 5) is 30.4. The van der Waals surface area contributed by atoms with Gasteiger partial charge in [0.15, 0.2) is 5.17 Å². The molecule has 1 aliphatic heterocycles. The molecule has 0 bridgehead atoms. The maximum Gasteiger partial charge on any atom is 0.417 e. The van der Waals surface area contributed by atoms with Gasteiger partial charge in [-0.25, -0.2) is 4.99 Å². The van der Waals surface area contributed by atoms with Gasteiger partial charge in [0.1, 0.15) is 11.0 Å². The number of thioether (sulfide) groups is 1. The summed E-state index contributed by atoms with van der Waals surface area (Å²) in [6, 6.07) is 9.91. The number of methoxy groups -OCH3 is 1. The summed E-state index contributed by atoms with van der Waals surface area (Å²) in [6.07, 6.45) is -4.72. The molecule has 1 heterocycles. The van der Waals surface area contributed by atoms with Crippen molar-refractivity contribution in [3.8, 4) is 5.75 Å². The van der Waals surface area contributed by atoms with Crippen molar-refractivity contribution in [2.24, 2.45) is 4.99 Å². The lowest BCUT2D eigenvalue weighted by Gasteiger charge is -2.29. The van der Waals surface area contributed by atoms with Gasteiger partial charge < -0.3 is 10.1 Å². The lowest BCUT2D eigenvalue weighted by Crippen LogP contribution is -2.43. The first kappa shape index (κ1) is 23.0. The van der Waals surface area contributed by atoms with E-state index in [0.717, 1.165) is 23.9 Å². The minimum atomic E-state index is -4.64. The number of benzene rings is 2. The molecule has 1 N–H and O–H groups in total. The van der Waals surface area contributed by atoms with Crippen LogP contribution in [0, 0.1) is 0 Å². The van der Waals surface area contributed by atoms with Crippen LogP contribution in [0.25, 0.3) is 0 Å². The molecule has 0 saturated carbocycles. The number of ether oxygens (including phenoxy) is 1. The van der Waals surface area contributed by atoms with Crippen LogP contribution in [0.3, 0.4) is 0 Å². The van der Waals surface area contributed by atoms with Crippen LogP contribution in [0.2, 0.25) is 5.02 Å². The molecule has 31 heavy (non-hydrogen) atoms. The number of nitrogens with zero attached hydrogens (tertiary/aromatic N) is 2. The SMILES string of the molecule is COc1cccc(NC(=O)C2CC(=O)N(C)C(=Nc3ccc(Cl)c(C(F)(F)F)c3)S2)c1. The summed E-state index contributed by atoms with van der Waals surface area (Å²) in [7, 11) is 2.95. The number of nitrogens with one attached hydrogen (secondary N) is 1. The van der Waals surface area contributed by atoms with Crippen LogP contribution >= 0.6 is 23.4 Å². The number of alkyl halides is 3. The summed E-state index contributed by atoms with van der Waals surface area (Å²) in [6.45, 7) is 0. The summed E-state index contributed by atoms with van der Waals surface area (Å²) in [5, 5.41) is 1.57. The molecule has 6 nitrogen and oxygen atoms in total. The topological polar surface area (TPSA) is 71.0 Å². The first-order valence-electron chi connectivity index (χ1n) is 8.92. The maximum atomic E-state index is 13.1. The number of rotatable bonds is 4. The summed E-state index contributed by atoms with van der Waals surface area (Å²) < 4.78 is 44.4. The number of hydrogen-bond donors (Lipinski definition) is 1. The van der Waals surface area contributed by atoms with Crippen LogP contribution in [0.5, 0.6) is 5.75 Å². The molecule has 1 aliphatic rings. The molecular formula is C20H17ClF3N3O3S. The lowest BCUT2D eigenvalue weighted by atomic mass is 10.2. The Morgan fingerprint density at radius 3 is 2.71 bits per heavy atom. The van der Waals surface area contributed by atoms with Gasteiger partial charge in [-0.05, 0) is 30.3 Å². The van der Waals surface area contributed by atoms with Crippen molar-refractivity contribution in [1.82, 2.24) is 4.90 Å². The summed E-state index contributed by atoms with van der Waals surface area (Å²) in [5.74, 6) is -0.261. The number of halogens is 4. The number of hydrogen-bond acceptors (Lipinski definition) is 5. The fourth-order valence-corrected chi connectivity index (χ4v) is 4.02. The highest BCUT2D eigenvalue weighted by atomic mass is 35.5. The number of carbonyl (C=O) groups excluding carboxylic acids is 2. The predicted molar refractivity (Wildman–Crippen MR) is 114 cm³/mol. The normalized spacial score (nSPS) is 18.3. The van der Waals surface area contributed by atoms with Crippen LogP contribution in [0.4, 0.5) is 24.5 Å². The standard InChI is InChI=1S/C20H17ClF3N3O3S/c1-27-17(28)10-16(18(29)25-11-4-3-5-13(8-11)30-2)31-19(27)26-12-6-7-15(21)14(9-12)20(22,23)24/h3-9,16H,10H2,1-2H3,(H,25,29). The molecule has 164 valence electrons. The molecule has 2 amide bonds. The molecule has 2 aromatic carbocycles. The van der Waals surface area contributed by atoms with Crippen LogP contribution in [0.1, 0.15) is 12.0 Å². The quantitative estimate of drug-likeness (QED) is 0.684. The highest BCUT2D eigenvalue weighted by Crippen LogP contribution is 2.37. The van der Waals surface area contributed by atoms with Gasteiger partial charge in [-0.3, -0.25) is 14.5 Å². The zero-order valence-corrected chi connectivity index (χ0v) is 17.9. The molecule has 1 atom stereocenters. The maximum absolute atomic E-state index is 13.1. The van der Waals surface area contributed by atoms with Gasteiger partial charge >= 0.3 is 6.18 Å². The van der Waals surface area contributed by atoms with E-state index in [9.17, 15) is 22.8 Å². The average molecular weight is 472 g/mol. The second-order valence-corrected chi connectivity index (χ2v) is 8.12. The Morgan fingerprint density at radius 2 is 2.03 bits per heavy atom. The van der Waals surface area contributed by atoms with E-state index in [1.807, 2.05) is 0 Å². The Balaban J connectivity index is 1.83. The van der Waals surface area contributed by atoms with E-state index in [4.69, 9.17) is 16.3 Å². The van der Waals surface area contributed by atoms with Crippen molar-refractivity contribution < 1.29 is 27.5 Å². The Labute approximate surface area is 185 Å². The number of carbonyl (C=O) groups is 2.